The van der Waals surface area contributed by atoms with Gasteiger partial charge in [-0.05, 0) is 37.3 Å². The van der Waals surface area contributed by atoms with Gasteiger partial charge in [0.25, 0.3) is 5.91 Å². The summed E-state index contributed by atoms with van der Waals surface area (Å²) in [4.78, 5) is 12.3. The maximum absolute atomic E-state index is 13.4. The van der Waals surface area contributed by atoms with Crippen molar-refractivity contribution in [2.45, 2.75) is 25.0 Å². The lowest BCUT2D eigenvalue weighted by Gasteiger charge is -2.24. The summed E-state index contributed by atoms with van der Waals surface area (Å²) in [5, 5.41) is 11.5. The van der Waals surface area contributed by atoms with Crippen molar-refractivity contribution in [2.75, 3.05) is 6.61 Å². The van der Waals surface area contributed by atoms with Crippen LogP contribution < -0.4 is 14.8 Å². The molecular weight excluding hydrogens is 456 g/mol. The van der Waals surface area contributed by atoms with Crippen LogP contribution in [0.2, 0.25) is 0 Å². The number of nitrogens with one attached hydrogen (secondary N) is 1. The minimum absolute atomic E-state index is 0.114. The van der Waals surface area contributed by atoms with Gasteiger partial charge in [0.05, 0.1) is 6.07 Å². The first-order valence-electron chi connectivity index (χ1n) is 8.42. The molecule has 0 radical (unpaired) electrons. The van der Waals surface area contributed by atoms with Crippen LogP contribution >= 0.6 is 0 Å². The Morgan fingerprint density at radius 1 is 1.03 bits per heavy atom. The highest BCUT2D eigenvalue weighted by Crippen LogP contribution is 2.37. The third kappa shape index (κ3) is 6.47. The fourth-order valence-corrected chi connectivity index (χ4v) is 2.32. The molecule has 0 saturated heterocycles. The Bertz CT molecular complexity index is 1030. The monoisotopic (exact) mass is 468 g/mol. The second-order valence-electron chi connectivity index (χ2n) is 6.52. The van der Waals surface area contributed by atoms with E-state index in [0.717, 1.165) is 31.2 Å². The predicted octanol–water partition coefficient (Wildman–Crippen LogP) is 4.97. The Labute approximate surface area is 175 Å². The molecular formula is C19H12F8N2O3. The number of benzene rings is 2. The standard InChI is InChI=1S/C19H12F8N2O3/c1-17(8-28,9-31-15-7-14(21)13(20)6-12(15)18(22,23)24)29-16(30)10-2-4-11(5-3-10)32-19(25,26)27/h2-7H,9H2,1H3,(H,29,30). The van der Waals surface area contributed by atoms with E-state index in [2.05, 4.69) is 10.1 Å². The minimum Gasteiger partial charge on any atom is -0.489 e. The van der Waals surface area contributed by atoms with Gasteiger partial charge in [-0.15, -0.1) is 13.2 Å². The van der Waals surface area contributed by atoms with Crippen LogP contribution in [0.1, 0.15) is 22.8 Å². The lowest BCUT2D eigenvalue weighted by Crippen LogP contribution is -2.49. The average Bonchev–Trinajstić information content (AvgIpc) is 2.67. The molecule has 2 rings (SSSR count). The van der Waals surface area contributed by atoms with Crippen LogP contribution in [0.4, 0.5) is 35.1 Å². The van der Waals surface area contributed by atoms with Crippen LogP contribution in [0.3, 0.4) is 0 Å². The van der Waals surface area contributed by atoms with Crippen LogP contribution in [0, 0.1) is 23.0 Å². The molecule has 0 heterocycles. The van der Waals surface area contributed by atoms with Crippen LogP contribution in [0.25, 0.3) is 0 Å². The molecule has 0 aliphatic rings. The van der Waals surface area contributed by atoms with Crippen molar-refractivity contribution < 1.29 is 49.4 Å². The zero-order valence-corrected chi connectivity index (χ0v) is 15.9. The van der Waals surface area contributed by atoms with Gasteiger partial charge in [-0.3, -0.25) is 4.79 Å². The van der Waals surface area contributed by atoms with Gasteiger partial charge >= 0.3 is 12.5 Å². The summed E-state index contributed by atoms with van der Waals surface area (Å²) in [6.45, 7) is 0.165. The Morgan fingerprint density at radius 3 is 2.09 bits per heavy atom. The Kier molecular flexibility index (Phi) is 6.87. The number of halogens is 8. The van der Waals surface area contributed by atoms with Gasteiger partial charge in [0.1, 0.15) is 23.7 Å². The van der Waals surface area contributed by atoms with Gasteiger partial charge in [-0.1, -0.05) is 0 Å². The van der Waals surface area contributed by atoms with Crippen molar-refractivity contribution in [3.8, 4) is 17.6 Å². The summed E-state index contributed by atoms with van der Waals surface area (Å²) < 4.78 is 111. The van der Waals surface area contributed by atoms with E-state index in [1.807, 2.05) is 0 Å². The van der Waals surface area contributed by atoms with Crippen LogP contribution in [0.15, 0.2) is 36.4 Å². The van der Waals surface area contributed by atoms with Crippen LogP contribution in [0.5, 0.6) is 11.5 Å². The molecule has 1 amide bonds. The first kappa shape index (κ1) is 24.7. The summed E-state index contributed by atoms with van der Waals surface area (Å²) in [5.41, 5.74) is -3.79. The number of rotatable bonds is 6. The molecule has 0 fully saturated rings. The highest BCUT2D eigenvalue weighted by atomic mass is 19.4. The second kappa shape index (κ2) is 8.89. The quantitative estimate of drug-likeness (QED) is 0.608. The molecule has 1 N–H and O–H groups in total. The van der Waals surface area contributed by atoms with E-state index in [0.29, 0.717) is 0 Å². The van der Waals surface area contributed by atoms with E-state index < -0.39 is 59.3 Å². The summed E-state index contributed by atoms with van der Waals surface area (Å²) in [6, 6.07) is 5.20. The van der Waals surface area contributed by atoms with Gasteiger partial charge in [0.2, 0.25) is 0 Å². The van der Waals surface area contributed by atoms with E-state index in [1.165, 1.54) is 0 Å². The maximum Gasteiger partial charge on any atom is 0.573 e. The molecule has 0 aliphatic heterocycles. The number of nitrogens with zero attached hydrogens (tertiary/aromatic N) is 1. The Balaban J connectivity index is 2.16. The molecule has 0 spiro atoms. The Hall–Kier alpha value is -3.56. The molecule has 32 heavy (non-hydrogen) atoms. The molecule has 2 aromatic carbocycles. The first-order chi connectivity index (χ1) is 14.6. The van der Waals surface area contributed by atoms with E-state index in [4.69, 9.17) is 4.74 Å². The molecule has 1 unspecified atom stereocenters. The molecule has 172 valence electrons. The molecule has 0 aliphatic carbocycles. The molecule has 13 heteroatoms. The SMILES string of the molecule is CC(C#N)(COc1cc(F)c(F)cc1C(F)(F)F)NC(=O)c1ccc(OC(F)(F)F)cc1. The molecule has 0 bridgehead atoms. The number of nitriles is 1. The van der Waals surface area contributed by atoms with Gasteiger partial charge in [0, 0.05) is 11.6 Å². The first-order valence-corrected chi connectivity index (χ1v) is 8.42. The van der Waals surface area contributed by atoms with Gasteiger partial charge in [0.15, 0.2) is 17.2 Å². The lowest BCUT2D eigenvalue weighted by atomic mass is 10.0. The highest BCUT2D eigenvalue weighted by molar-refractivity contribution is 5.95. The van der Waals surface area contributed by atoms with Crippen LogP contribution in [-0.2, 0) is 6.18 Å². The minimum atomic E-state index is -5.10. The average molecular weight is 468 g/mol. The van der Waals surface area contributed by atoms with Gasteiger partial charge < -0.3 is 14.8 Å². The van der Waals surface area contributed by atoms with Crippen molar-refractivity contribution in [3.05, 3.63) is 59.2 Å². The van der Waals surface area contributed by atoms with Crippen molar-refractivity contribution in [2.24, 2.45) is 0 Å². The number of carbonyl (C=O) groups excluding carboxylic acids is 1. The number of hydrogen-bond acceptors (Lipinski definition) is 4. The van der Waals surface area contributed by atoms with E-state index >= 15 is 0 Å². The fraction of sp³-hybridized carbons (Fsp3) is 0.263. The molecule has 0 saturated carbocycles. The smallest absolute Gasteiger partial charge is 0.489 e. The van der Waals surface area contributed by atoms with Crippen molar-refractivity contribution >= 4 is 5.91 Å². The number of amides is 1. The second-order valence-corrected chi connectivity index (χ2v) is 6.52. The fourth-order valence-electron chi connectivity index (χ4n) is 2.32. The zero-order valence-electron chi connectivity index (χ0n) is 15.9. The summed E-state index contributed by atoms with van der Waals surface area (Å²) >= 11 is 0. The highest BCUT2D eigenvalue weighted by Gasteiger charge is 2.37. The molecule has 0 aromatic heterocycles. The van der Waals surface area contributed by atoms with E-state index in [9.17, 15) is 45.2 Å². The largest absolute Gasteiger partial charge is 0.573 e. The normalized spacial score (nSPS) is 13.6. The number of alkyl halides is 6. The van der Waals surface area contributed by atoms with Gasteiger partial charge in [-0.2, -0.15) is 18.4 Å². The molecule has 5 nitrogen and oxygen atoms in total. The summed E-state index contributed by atoms with van der Waals surface area (Å²) in [5.74, 6) is -6.09. The van der Waals surface area contributed by atoms with E-state index in [1.54, 1.807) is 6.07 Å². The lowest BCUT2D eigenvalue weighted by molar-refractivity contribution is -0.274. The number of hydrogen-bond donors (Lipinski definition) is 1. The third-order valence-corrected chi connectivity index (χ3v) is 3.83. The third-order valence-electron chi connectivity index (χ3n) is 3.83. The van der Waals surface area contributed by atoms with Gasteiger partial charge in [-0.25, -0.2) is 8.78 Å². The van der Waals surface area contributed by atoms with Crippen molar-refractivity contribution in [1.82, 2.24) is 5.32 Å². The van der Waals surface area contributed by atoms with E-state index in [-0.39, 0.29) is 17.7 Å². The topological polar surface area (TPSA) is 71.3 Å². The summed E-state index contributed by atoms with van der Waals surface area (Å²) in [7, 11) is 0. The predicted molar refractivity (Wildman–Crippen MR) is 91.5 cm³/mol. The molecule has 2 aromatic rings. The number of ether oxygens (including phenoxy) is 2. The Morgan fingerprint density at radius 2 is 1.59 bits per heavy atom. The number of carbonyl (C=O) groups is 1. The van der Waals surface area contributed by atoms with Crippen LogP contribution in [-0.4, -0.2) is 24.4 Å². The zero-order chi connectivity index (χ0) is 24.3. The van der Waals surface area contributed by atoms with Crippen molar-refractivity contribution in [1.29, 1.82) is 5.26 Å². The molecule has 1 atom stereocenters. The maximum atomic E-state index is 13.4. The summed E-state index contributed by atoms with van der Waals surface area (Å²) in [6.07, 6.45) is -10.0. The van der Waals surface area contributed by atoms with Crippen molar-refractivity contribution in [3.63, 3.8) is 0 Å².